The molecule has 1 atom stereocenters. The summed E-state index contributed by atoms with van der Waals surface area (Å²) in [6.45, 7) is 0.180. The summed E-state index contributed by atoms with van der Waals surface area (Å²) in [5.74, 6) is -0.187. The van der Waals surface area contributed by atoms with Gasteiger partial charge in [0.1, 0.15) is 0 Å². The number of rotatable bonds is 7. The lowest BCUT2D eigenvalue weighted by molar-refractivity contribution is 0.267. The quantitative estimate of drug-likeness (QED) is 0.786. The molecule has 1 unspecified atom stereocenters. The van der Waals surface area contributed by atoms with Crippen molar-refractivity contribution in [2.75, 3.05) is 20.2 Å². The number of hydrogen-bond acceptors (Lipinski definition) is 3. The molecule has 130 valence electrons. The topological polar surface area (TPSA) is 57.6 Å². The minimum absolute atomic E-state index is 0.0515. The molecule has 0 amide bonds. The van der Waals surface area contributed by atoms with Gasteiger partial charge in [0.2, 0.25) is 10.0 Å². The van der Waals surface area contributed by atoms with E-state index < -0.39 is 10.0 Å². The van der Waals surface area contributed by atoms with Crippen LogP contribution in [0.4, 0.5) is 0 Å². The Hall–Kier alpha value is -1.11. The van der Waals surface area contributed by atoms with Crippen LogP contribution in [0, 0.1) is 0 Å². The summed E-state index contributed by atoms with van der Waals surface area (Å²) in [6.07, 6.45) is 0.423. The molecule has 0 saturated heterocycles. The van der Waals surface area contributed by atoms with E-state index in [-0.39, 0.29) is 24.0 Å². The molecule has 0 radical (unpaired) electrons. The number of benzene rings is 2. The largest absolute Gasteiger partial charge is 0.396 e. The van der Waals surface area contributed by atoms with Crippen molar-refractivity contribution in [1.29, 1.82) is 0 Å². The first-order chi connectivity index (χ1) is 11.4. The fourth-order valence-corrected chi connectivity index (χ4v) is 4.01. The summed E-state index contributed by atoms with van der Waals surface area (Å²) in [6, 6.07) is 13.5. The molecule has 2 rings (SSSR count). The first-order valence-electron chi connectivity index (χ1n) is 7.43. The van der Waals surface area contributed by atoms with E-state index in [1.807, 2.05) is 0 Å². The van der Waals surface area contributed by atoms with E-state index in [0.29, 0.717) is 16.5 Å². The monoisotopic (exact) mass is 387 g/mol. The van der Waals surface area contributed by atoms with Crippen molar-refractivity contribution in [1.82, 2.24) is 4.31 Å². The van der Waals surface area contributed by atoms with E-state index in [4.69, 9.17) is 23.2 Å². The molecular formula is C17H19Cl2NO3S. The van der Waals surface area contributed by atoms with E-state index in [9.17, 15) is 13.5 Å². The second kappa shape index (κ2) is 8.32. The van der Waals surface area contributed by atoms with Crippen molar-refractivity contribution in [3.63, 3.8) is 0 Å². The normalized spacial score (nSPS) is 13.2. The summed E-state index contributed by atoms with van der Waals surface area (Å²) >= 11 is 12.0. The van der Waals surface area contributed by atoms with Gasteiger partial charge in [-0.15, -0.1) is 0 Å². The standard InChI is InChI=1S/C17H19Cl2NO3S/c1-20(24(22,23)15-5-3-2-4-6-15)12-14(9-10-21)13-7-8-16(18)17(19)11-13/h2-8,11,14,21H,9-10,12H2,1H3. The highest BCUT2D eigenvalue weighted by Crippen LogP contribution is 2.29. The van der Waals surface area contributed by atoms with Crippen LogP contribution in [0.1, 0.15) is 17.9 Å². The molecule has 0 spiro atoms. The van der Waals surface area contributed by atoms with E-state index >= 15 is 0 Å². The number of aliphatic hydroxyl groups excluding tert-OH is 1. The number of nitrogens with zero attached hydrogens (tertiary/aromatic N) is 1. The lowest BCUT2D eigenvalue weighted by Crippen LogP contribution is -2.31. The van der Waals surface area contributed by atoms with Gasteiger partial charge >= 0.3 is 0 Å². The zero-order valence-electron chi connectivity index (χ0n) is 13.2. The van der Waals surface area contributed by atoms with Crippen molar-refractivity contribution >= 4 is 33.2 Å². The first kappa shape index (κ1) is 19.2. The summed E-state index contributed by atoms with van der Waals surface area (Å²) in [5, 5.41) is 10.2. The first-order valence-corrected chi connectivity index (χ1v) is 9.63. The third-order valence-corrected chi connectivity index (χ3v) is 6.40. The van der Waals surface area contributed by atoms with Gasteiger partial charge in [-0.2, -0.15) is 0 Å². The van der Waals surface area contributed by atoms with E-state index in [1.165, 1.54) is 11.4 Å². The molecule has 1 N–H and O–H groups in total. The molecule has 0 bridgehead atoms. The molecule has 7 heteroatoms. The maximum atomic E-state index is 12.6. The molecular weight excluding hydrogens is 369 g/mol. The summed E-state index contributed by atoms with van der Waals surface area (Å²) in [4.78, 5) is 0.240. The number of halogens is 2. The molecule has 2 aromatic rings. The fraction of sp³-hybridized carbons (Fsp3) is 0.294. The molecule has 0 aliphatic rings. The van der Waals surface area contributed by atoms with E-state index in [2.05, 4.69) is 0 Å². The van der Waals surface area contributed by atoms with Gasteiger partial charge in [0.15, 0.2) is 0 Å². The zero-order valence-corrected chi connectivity index (χ0v) is 15.5. The van der Waals surface area contributed by atoms with Crippen LogP contribution in [-0.2, 0) is 10.0 Å². The molecule has 0 aromatic heterocycles. The molecule has 0 saturated carbocycles. The third kappa shape index (κ3) is 4.49. The van der Waals surface area contributed by atoms with Gasteiger partial charge in [-0.3, -0.25) is 0 Å². The maximum absolute atomic E-state index is 12.6. The number of hydrogen-bond donors (Lipinski definition) is 1. The van der Waals surface area contributed by atoms with Gasteiger partial charge in [-0.05, 0) is 42.2 Å². The molecule has 24 heavy (non-hydrogen) atoms. The molecule has 0 fully saturated rings. The number of sulfonamides is 1. The van der Waals surface area contributed by atoms with Gasteiger partial charge in [0, 0.05) is 20.2 Å². The molecule has 0 heterocycles. The third-order valence-electron chi connectivity index (χ3n) is 3.82. The van der Waals surface area contributed by atoms with Gasteiger partial charge in [0.05, 0.1) is 14.9 Å². The average Bonchev–Trinajstić information content (AvgIpc) is 2.57. The lowest BCUT2D eigenvalue weighted by Gasteiger charge is -2.24. The zero-order chi connectivity index (χ0) is 17.7. The predicted octanol–water partition coefficient (Wildman–Crippen LogP) is 3.78. The van der Waals surface area contributed by atoms with Crippen molar-refractivity contribution in [2.45, 2.75) is 17.2 Å². The summed E-state index contributed by atoms with van der Waals surface area (Å²) < 4.78 is 26.6. The molecule has 0 aliphatic heterocycles. The van der Waals surface area contributed by atoms with Crippen molar-refractivity contribution in [3.8, 4) is 0 Å². The van der Waals surface area contributed by atoms with Gasteiger partial charge in [0.25, 0.3) is 0 Å². The SMILES string of the molecule is CN(CC(CCO)c1ccc(Cl)c(Cl)c1)S(=O)(=O)c1ccccc1. The Morgan fingerprint density at radius 1 is 1.08 bits per heavy atom. The van der Waals surface area contributed by atoms with Crippen molar-refractivity contribution in [3.05, 3.63) is 64.1 Å². The van der Waals surface area contributed by atoms with Gasteiger partial charge in [-0.1, -0.05) is 47.5 Å². The predicted molar refractivity (Wildman–Crippen MR) is 97.2 cm³/mol. The van der Waals surface area contributed by atoms with Crippen molar-refractivity contribution < 1.29 is 13.5 Å². The Labute approximate surface area is 152 Å². The van der Waals surface area contributed by atoms with Crippen LogP contribution < -0.4 is 0 Å². The van der Waals surface area contributed by atoms with Gasteiger partial charge < -0.3 is 5.11 Å². The lowest BCUT2D eigenvalue weighted by atomic mass is 9.96. The Kier molecular flexibility index (Phi) is 6.66. The van der Waals surface area contributed by atoms with Crippen LogP contribution in [-0.4, -0.2) is 38.0 Å². The average molecular weight is 388 g/mol. The van der Waals surface area contributed by atoms with Crippen molar-refractivity contribution in [2.24, 2.45) is 0 Å². The van der Waals surface area contributed by atoms with Gasteiger partial charge in [-0.25, -0.2) is 12.7 Å². The Bertz CT molecular complexity index is 782. The second-order valence-electron chi connectivity index (χ2n) is 5.48. The maximum Gasteiger partial charge on any atom is 0.242 e. The van der Waals surface area contributed by atoms with E-state index in [1.54, 1.807) is 48.5 Å². The van der Waals surface area contributed by atoms with Crippen LogP contribution in [0.25, 0.3) is 0 Å². The van der Waals surface area contributed by atoms with Crippen LogP contribution in [0.2, 0.25) is 10.0 Å². The van der Waals surface area contributed by atoms with Crippen LogP contribution in [0.15, 0.2) is 53.4 Å². The summed E-state index contributed by atoms with van der Waals surface area (Å²) in [7, 11) is -2.05. The van der Waals surface area contributed by atoms with Crippen LogP contribution >= 0.6 is 23.2 Å². The number of aliphatic hydroxyl groups is 1. The molecule has 0 aliphatic carbocycles. The minimum Gasteiger partial charge on any atom is -0.396 e. The van der Waals surface area contributed by atoms with E-state index in [0.717, 1.165) is 5.56 Å². The molecule has 2 aromatic carbocycles. The Balaban J connectivity index is 2.25. The highest BCUT2D eigenvalue weighted by Gasteiger charge is 2.24. The van der Waals surface area contributed by atoms with Crippen LogP contribution in [0.5, 0.6) is 0 Å². The minimum atomic E-state index is -3.59. The highest BCUT2D eigenvalue weighted by molar-refractivity contribution is 7.89. The Morgan fingerprint density at radius 3 is 2.33 bits per heavy atom. The highest BCUT2D eigenvalue weighted by atomic mass is 35.5. The number of likely N-dealkylation sites (N-methyl/N-ethyl adjacent to an activating group) is 1. The molecule has 4 nitrogen and oxygen atoms in total. The fourth-order valence-electron chi connectivity index (χ4n) is 2.47. The second-order valence-corrected chi connectivity index (χ2v) is 8.34. The smallest absolute Gasteiger partial charge is 0.242 e. The van der Waals surface area contributed by atoms with Crippen LogP contribution in [0.3, 0.4) is 0 Å². The summed E-state index contributed by atoms with van der Waals surface area (Å²) in [5.41, 5.74) is 0.841. The Morgan fingerprint density at radius 2 is 1.75 bits per heavy atom.